The number of nitro benzene ring substituents is 2. The smallest absolute Gasteiger partial charge is 0.258 e. The molecule has 2 aromatic carbocycles. The minimum Gasteiger partial charge on any atom is -0.258 e. The molecule has 0 fully saturated rings. The van der Waals surface area contributed by atoms with Crippen LogP contribution < -0.4 is 0 Å². The highest BCUT2D eigenvalue weighted by molar-refractivity contribution is 7.91. The largest absolute Gasteiger partial charge is 0.280 e. The molecule has 0 amide bonds. The molecular weight excluding hydrogens is 324 g/mol. The molecule has 0 saturated heterocycles. The zero-order valence-corrected chi connectivity index (χ0v) is 13.0. The van der Waals surface area contributed by atoms with Crippen LogP contribution >= 0.6 is 0 Å². The molecule has 2 aromatic rings. The predicted molar refractivity (Wildman–Crippen MR) is 81.1 cm³/mol. The first-order valence-electron chi connectivity index (χ1n) is 6.40. The number of hydrogen-bond acceptors (Lipinski definition) is 6. The van der Waals surface area contributed by atoms with Gasteiger partial charge in [-0.1, -0.05) is 12.1 Å². The lowest BCUT2D eigenvalue weighted by molar-refractivity contribution is -0.394. The highest BCUT2D eigenvalue weighted by atomic mass is 32.2. The maximum Gasteiger partial charge on any atom is 0.280 e. The standard InChI is InChI=1S/C14H12N2O6S/c1-9-4-3-5-12(6-9)23(21,22)14-8-11(15(17)18)7-13(10(14)2)16(19)20/h3-8H,1-2H3. The fourth-order valence-corrected chi connectivity index (χ4v) is 3.78. The number of benzene rings is 2. The lowest BCUT2D eigenvalue weighted by atomic mass is 10.2. The average Bonchev–Trinajstić information content (AvgIpc) is 2.46. The van der Waals surface area contributed by atoms with E-state index in [-0.39, 0.29) is 10.5 Å². The molecule has 0 N–H and O–H groups in total. The molecule has 0 aliphatic rings. The van der Waals surface area contributed by atoms with Crippen LogP contribution in [0.25, 0.3) is 0 Å². The zero-order valence-electron chi connectivity index (χ0n) is 12.2. The summed E-state index contributed by atoms with van der Waals surface area (Å²) in [6.07, 6.45) is 0. The van der Waals surface area contributed by atoms with E-state index in [2.05, 4.69) is 0 Å². The molecule has 2 rings (SSSR count). The van der Waals surface area contributed by atoms with Crippen molar-refractivity contribution in [3.8, 4) is 0 Å². The molecule has 120 valence electrons. The lowest BCUT2D eigenvalue weighted by Gasteiger charge is -2.09. The van der Waals surface area contributed by atoms with Crippen molar-refractivity contribution >= 4 is 21.2 Å². The summed E-state index contributed by atoms with van der Waals surface area (Å²) in [5, 5.41) is 22.0. The molecule has 0 radical (unpaired) electrons. The van der Waals surface area contributed by atoms with Crippen molar-refractivity contribution in [3.63, 3.8) is 0 Å². The van der Waals surface area contributed by atoms with Gasteiger partial charge in [0.25, 0.3) is 11.4 Å². The SMILES string of the molecule is Cc1cccc(S(=O)(=O)c2cc([N+](=O)[O-])cc([N+](=O)[O-])c2C)c1. The molecule has 0 spiro atoms. The Labute approximate surface area is 131 Å². The summed E-state index contributed by atoms with van der Waals surface area (Å²) in [7, 11) is -4.11. The van der Waals surface area contributed by atoms with Crippen molar-refractivity contribution < 1.29 is 18.3 Å². The number of hydrogen-bond donors (Lipinski definition) is 0. The molecule has 9 heteroatoms. The van der Waals surface area contributed by atoms with E-state index in [0.29, 0.717) is 5.56 Å². The zero-order chi connectivity index (χ0) is 17.4. The summed E-state index contributed by atoms with van der Waals surface area (Å²) in [5.74, 6) is 0. The summed E-state index contributed by atoms with van der Waals surface area (Å²) in [6, 6.07) is 7.57. The van der Waals surface area contributed by atoms with E-state index in [0.717, 1.165) is 12.1 Å². The maximum absolute atomic E-state index is 12.7. The van der Waals surface area contributed by atoms with E-state index in [9.17, 15) is 28.6 Å². The monoisotopic (exact) mass is 336 g/mol. The summed E-state index contributed by atoms with van der Waals surface area (Å²) in [5.41, 5.74) is -0.704. The van der Waals surface area contributed by atoms with Crippen LogP contribution in [0.3, 0.4) is 0 Å². The van der Waals surface area contributed by atoms with Gasteiger partial charge >= 0.3 is 0 Å². The van der Waals surface area contributed by atoms with E-state index in [1.54, 1.807) is 13.0 Å². The Hall–Kier alpha value is -2.81. The molecule has 0 aliphatic heterocycles. The second kappa shape index (κ2) is 5.76. The van der Waals surface area contributed by atoms with Crippen molar-refractivity contribution in [2.24, 2.45) is 0 Å². The third-order valence-corrected chi connectivity index (χ3v) is 5.19. The molecule has 0 unspecified atom stereocenters. The summed E-state index contributed by atoms with van der Waals surface area (Å²) in [6.45, 7) is 2.95. The third kappa shape index (κ3) is 3.04. The van der Waals surface area contributed by atoms with Gasteiger partial charge in [0.1, 0.15) is 0 Å². The Bertz CT molecular complexity index is 921. The first-order chi connectivity index (χ1) is 10.6. The highest BCUT2D eigenvalue weighted by Crippen LogP contribution is 2.34. The van der Waals surface area contributed by atoms with E-state index in [4.69, 9.17) is 0 Å². The molecule has 0 aliphatic carbocycles. The molecule has 8 nitrogen and oxygen atoms in total. The quantitative estimate of drug-likeness (QED) is 0.625. The maximum atomic E-state index is 12.7. The molecule has 0 atom stereocenters. The first-order valence-corrected chi connectivity index (χ1v) is 7.88. The second-order valence-corrected chi connectivity index (χ2v) is 6.84. The van der Waals surface area contributed by atoms with Crippen molar-refractivity contribution in [1.29, 1.82) is 0 Å². The fourth-order valence-electron chi connectivity index (χ4n) is 2.14. The Morgan fingerprint density at radius 2 is 1.61 bits per heavy atom. The number of nitrogens with zero attached hydrogens (tertiary/aromatic N) is 2. The fraction of sp³-hybridized carbons (Fsp3) is 0.143. The van der Waals surface area contributed by atoms with Gasteiger partial charge < -0.3 is 0 Å². The number of rotatable bonds is 4. The molecular formula is C14H12N2O6S. The van der Waals surface area contributed by atoms with Gasteiger partial charge in [0.15, 0.2) is 0 Å². The van der Waals surface area contributed by atoms with Crippen molar-refractivity contribution in [1.82, 2.24) is 0 Å². The van der Waals surface area contributed by atoms with Gasteiger partial charge in [-0.2, -0.15) is 0 Å². The van der Waals surface area contributed by atoms with Gasteiger partial charge in [-0.15, -0.1) is 0 Å². The number of nitro groups is 2. The van der Waals surface area contributed by atoms with Crippen LogP contribution in [0.2, 0.25) is 0 Å². The highest BCUT2D eigenvalue weighted by Gasteiger charge is 2.29. The van der Waals surface area contributed by atoms with Crippen LogP contribution in [0, 0.1) is 34.1 Å². The van der Waals surface area contributed by atoms with Crippen LogP contribution in [0.4, 0.5) is 11.4 Å². The molecule has 23 heavy (non-hydrogen) atoms. The van der Waals surface area contributed by atoms with Crippen LogP contribution in [0.5, 0.6) is 0 Å². The minimum atomic E-state index is -4.11. The summed E-state index contributed by atoms with van der Waals surface area (Å²) < 4.78 is 25.4. The average molecular weight is 336 g/mol. The lowest BCUT2D eigenvalue weighted by Crippen LogP contribution is -2.07. The van der Waals surface area contributed by atoms with Crippen LogP contribution in [-0.4, -0.2) is 18.3 Å². The van der Waals surface area contributed by atoms with Crippen molar-refractivity contribution in [2.45, 2.75) is 23.6 Å². The predicted octanol–water partition coefficient (Wildman–Crippen LogP) is 2.95. The van der Waals surface area contributed by atoms with Gasteiger partial charge in [0.2, 0.25) is 9.84 Å². The first kappa shape index (κ1) is 16.6. The van der Waals surface area contributed by atoms with Crippen molar-refractivity contribution in [3.05, 3.63) is 67.8 Å². The van der Waals surface area contributed by atoms with Crippen LogP contribution in [0.1, 0.15) is 11.1 Å². The molecule has 0 aromatic heterocycles. The summed E-state index contributed by atoms with van der Waals surface area (Å²) >= 11 is 0. The Kier molecular flexibility index (Phi) is 4.15. The van der Waals surface area contributed by atoms with Gasteiger partial charge in [-0.25, -0.2) is 8.42 Å². The number of aryl methyl sites for hydroxylation is 1. The second-order valence-electron chi connectivity index (χ2n) is 4.92. The molecule has 0 heterocycles. The normalized spacial score (nSPS) is 11.2. The van der Waals surface area contributed by atoms with Crippen LogP contribution in [-0.2, 0) is 9.84 Å². The van der Waals surface area contributed by atoms with Gasteiger partial charge in [0, 0.05) is 11.6 Å². The molecule has 0 saturated carbocycles. The third-order valence-electron chi connectivity index (χ3n) is 3.31. The minimum absolute atomic E-state index is 0.0737. The Balaban J connectivity index is 2.81. The Morgan fingerprint density at radius 3 is 2.13 bits per heavy atom. The van der Waals surface area contributed by atoms with Gasteiger partial charge in [-0.05, 0) is 31.5 Å². The van der Waals surface area contributed by atoms with E-state index in [1.807, 2.05) is 0 Å². The Morgan fingerprint density at radius 1 is 0.957 bits per heavy atom. The van der Waals surface area contributed by atoms with Gasteiger partial charge in [-0.3, -0.25) is 20.2 Å². The van der Waals surface area contributed by atoms with E-state index >= 15 is 0 Å². The van der Waals surface area contributed by atoms with E-state index < -0.39 is 36.0 Å². The number of sulfone groups is 1. The summed E-state index contributed by atoms with van der Waals surface area (Å²) in [4.78, 5) is 19.8. The van der Waals surface area contributed by atoms with Crippen molar-refractivity contribution in [2.75, 3.05) is 0 Å². The topological polar surface area (TPSA) is 120 Å². The number of non-ortho nitro benzene ring substituents is 1. The van der Waals surface area contributed by atoms with Crippen LogP contribution in [0.15, 0.2) is 46.2 Å². The van der Waals surface area contributed by atoms with Gasteiger partial charge in [0.05, 0.1) is 25.7 Å². The van der Waals surface area contributed by atoms with E-state index in [1.165, 1.54) is 25.1 Å². The molecule has 0 bridgehead atoms.